The van der Waals surface area contributed by atoms with Gasteiger partial charge in [0.15, 0.2) is 0 Å². The molecule has 0 unspecified atom stereocenters. The van der Waals surface area contributed by atoms with Crippen LogP contribution < -0.4 is 5.90 Å². The van der Waals surface area contributed by atoms with Crippen molar-refractivity contribution >= 4 is 18.0 Å². The van der Waals surface area contributed by atoms with Gasteiger partial charge >= 0.3 is 5.97 Å². The molecule has 3 aromatic carbocycles. The fourth-order valence-corrected chi connectivity index (χ4v) is 5.31. The number of amides is 1. The van der Waals surface area contributed by atoms with Crippen molar-refractivity contribution in [1.29, 1.82) is 0 Å². The smallest absolute Gasteiger partial charge is 0.327 e. The Hall–Kier alpha value is -4.57. The first-order chi connectivity index (χ1) is 21.1. The Bertz CT molecular complexity index is 1580. The van der Waals surface area contributed by atoms with Gasteiger partial charge in [-0.25, -0.2) is 4.39 Å². The molecule has 0 bridgehead atoms. The minimum absolute atomic E-state index is 0.142. The van der Waals surface area contributed by atoms with E-state index in [1.165, 1.54) is 18.2 Å². The maximum absolute atomic E-state index is 14.4. The molecule has 0 radical (unpaired) electrons. The van der Waals surface area contributed by atoms with E-state index in [0.717, 1.165) is 11.1 Å². The summed E-state index contributed by atoms with van der Waals surface area (Å²) in [6.07, 6.45) is 0.397. The van der Waals surface area contributed by atoms with E-state index in [-0.39, 0.29) is 24.8 Å². The molecule has 0 saturated carbocycles. The molecule has 0 aliphatic heterocycles. The van der Waals surface area contributed by atoms with Crippen LogP contribution in [0, 0.1) is 5.82 Å². The molecule has 4 aromatic rings. The maximum atomic E-state index is 14.4. The number of halogens is 1. The highest BCUT2D eigenvalue weighted by atomic mass is 19.1. The van der Waals surface area contributed by atoms with Crippen molar-refractivity contribution in [3.63, 3.8) is 0 Å². The molecule has 1 aromatic heterocycles. The minimum Gasteiger partial charge on any atom is -0.392 e. The number of benzene rings is 3. The first kappa shape index (κ1) is 32.3. The summed E-state index contributed by atoms with van der Waals surface area (Å²) in [4.78, 5) is 31.7. The van der Waals surface area contributed by atoms with Gasteiger partial charge in [-0.05, 0) is 48.7 Å². The first-order valence-electron chi connectivity index (χ1n) is 14.4. The highest BCUT2D eigenvalue weighted by molar-refractivity contribution is 6.06. The number of aromatic nitrogens is 1. The maximum Gasteiger partial charge on any atom is 0.327 e. The van der Waals surface area contributed by atoms with Gasteiger partial charge in [-0.2, -0.15) is 5.90 Å². The summed E-state index contributed by atoms with van der Waals surface area (Å²) >= 11 is 0. The van der Waals surface area contributed by atoms with Crippen molar-refractivity contribution in [2.45, 2.75) is 51.5 Å². The predicted octanol–water partition coefficient (Wildman–Crippen LogP) is 5.75. The van der Waals surface area contributed by atoms with E-state index in [9.17, 15) is 24.2 Å². The van der Waals surface area contributed by atoms with Gasteiger partial charge in [0.05, 0.1) is 18.6 Å². The fraction of sp³-hybridized carbons (Fsp3) is 0.257. The molecular formula is C35H38FN3O5. The summed E-state index contributed by atoms with van der Waals surface area (Å²) < 4.78 is 16.0. The average Bonchev–Trinajstić information content (AvgIpc) is 3.36. The summed E-state index contributed by atoms with van der Waals surface area (Å²) in [6.45, 7) is 4.32. The third-order valence-electron chi connectivity index (χ3n) is 7.29. The molecular weight excluding hydrogens is 561 g/mol. The molecule has 0 saturated heterocycles. The molecule has 0 aliphatic carbocycles. The molecule has 0 fully saturated rings. The summed E-state index contributed by atoms with van der Waals surface area (Å²) in [6, 6.07) is 25.1. The quantitative estimate of drug-likeness (QED) is 0.179. The lowest BCUT2D eigenvalue weighted by Crippen LogP contribution is -2.29. The number of hydrogen-bond acceptors (Lipinski definition) is 6. The Labute approximate surface area is 256 Å². The molecule has 4 rings (SSSR count). The Balaban J connectivity index is 1.92. The van der Waals surface area contributed by atoms with Crippen molar-refractivity contribution in [2.24, 2.45) is 5.90 Å². The number of rotatable bonds is 12. The molecule has 1 amide bonds. The Morgan fingerprint density at radius 2 is 1.52 bits per heavy atom. The second-order valence-electron chi connectivity index (χ2n) is 11.0. The number of carbonyl (C=O) groups is 2. The largest absolute Gasteiger partial charge is 0.392 e. The minimum atomic E-state index is -1.18. The number of nitrogens with zero attached hydrogens (tertiary/aromatic N) is 2. The molecule has 1 heterocycles. The van der Waals surface area contributed by atoms with Crippen molar-refractivity contribution in [3.8, 4) is 22.3 Å². The second kappa shape index (κ2) is 14.7. The Morgan fingerprint density at radius 3 is 2.11 bits per heavy atom. The number of hydrogen-bond donors (Lipinski definition) is 3. The van der Waals surface area contributed by atoms with Crippen LogP contribution in [0.5, 0.6) is 0 Å². The fourth-order valence-electron chi connectivity index (χ4n) is 5.31. The molecule has 4 N–H and O–H groups in total. The van der Waals surface area contributed by atoms with Crippen molar-refractivity contribution in [3.05, 3.63) is 114 Å². The van der Waals surface area contributed by atoms with E-state index in [1.807, 2.05) is 79.1 Å². The van der Waals surface area contributed by atoms with Crippen molar-refractivity contribution in [2.75, 3.05) is 7.05 Å². The highest BCUT2D eigenvalue weighted by Gasteiger charge is 2.31. The number of nitrogens with two attached hydrogens (primary N) is 1. The molecule has 0 spiro atoms. The lowest BCUT2D eigenvalue weighted by atomic mass is 9.94. The SMILES string of the molecule is CC(C)n1c(/C=C/[C@@H](O)C[C@@H](O)CC(=O)ON)c(-c2ccc(F)cc2)c(-c2ccccc2)c1C(=O)N(C)Cc1ccccc1. The van der Waals surface area contributed by atoms with Crippen LogP contribution in [0.2, 0.25) is 0 Å². The summed E-state index contributed by atoms with van der Waals surface area (Å²) in [5.74, 6) is 3.47. The van der Waals surface area contributed by atoms with E-state index >= 15 is 0 Å². The van der Waals surface area contributed by atoms with Crippen LogP contribution in [-0.4, -0.2) is 50.8 Å². The normalized spacial score (nSPS) is 12.8. The summed E-state index contributed by atoms with van der Waals surface area (Å²) in [5.41, 5.74) is 4.90. The zero-order chi connectivity index (χ0) is 31.8. The second-order valence-corrected chi connectivity index (χ2v) is 11.0. The van der Waals surface area contributed by atoms with Gasteiger partial charge in [-0.15, -0.1) is 0 Å². The third-order valence-corrected chi connectivity index (χ3v) is 7.29. The average molecular weight is 600 g/mol. The van der Waals surface area contributed by atoms with Crippen molar-refractivity contribution < 1.29 is 29.0 Å². The van der Waals surface area contributed by atoms with E-state index in [2.05, 4.69) is 4.84 Å². The van der Waals surface area contributed by atoms with Crippen LogP contribution in [0.3, 0.4) is 0 Å². The molecule has 8 nitrogen and oxygen atoms in total. The standard InChI is InChI=1S/C35H38FN3O5/c1-23(2)39-30(19-18-28(40)20-29(41)21-31(42)44-37)32(26-14-16-27(36)17-15-26)33(25-12-8-5-9-13-25)34(39)35(43)38(3)22-24-10-6-4-7-11-24/h4-19,23,28-29,40-41H,20-22,37H2,1-3H3/b19-18+/t28-,29-/m1/s1. The number of aliphatic hydroxyl groups excluding tert-OH is 2. The van der Waals surface area contributed by atoms with Gasteiger partial charge in [0, 0.05) is 42.9 Å². The van der Waals surface area contributed by atoms with Crippen LogP contribution in [0.1, 0.15) is 54.5 Å². The molecule has 0 aliphatic rings. The van der Waals surface area contributed by atoms with E-state index in [1.54, 1.807) is 30.2 Å². The number of carbonyl (C=O) groups excluding carboxylic acids is 2. The number of aliphatic hydroxyl groups is 2. The van der Waals surface area contributed by atoms with E-state index in [4.69, 9.17) is 5.90 Å². The Kier molecular flexibility index (Phi) is 10.8. The Morgan fingerprint density at radius 1 is 0.932 bits per heavy atom. The molecule has 230 valence electrons. The van der Waals surface area contributed by atoms with Gasteiger partial charge in [-0.3, -0.25) is 9.59 Å². The molecule has 44 heavy (non-hydrogen) atoms. The van der Waals surface area contributed by atoms with Crippen molar-refractivity contribution in [1.82, 2.24) is 9.47 Å². The van der Waals surface area contributed by atoms with Gasteiger partial charge < -0.3 is 24.5 Å². The zero-order valence-corrected chi connectivity index (χ0v) is 25.1. The van der Waals surface area contributed by atoms with Gasteiger partial charge in [0.2, 0.25) is 0 Å². The molecule has 2 atom stereocenters. The van der Waals surface area contributed by atoms with Crippen LogP contribution in [0.25, 0.3) is 28.3 Å². The highest BCUT2D eigenvalue weighted by Crippen LogP contribution is 2.43. The summed E-state index contributed by atoms with van der Waals surface area (Å²) in [7, 11) is 1.76. The topological polar surface area (TPSA) is 118 Å². The predicted molar refractivity (Wildman–Crippen MR) is 168 cm³/mol. The zero-order valence-electron chi connectivity index (χ0n) is 25.1. The first-order valence-corrected chi connectivity index (χ1v) is 14.4. The lowest BCUT2D eigenvalue weighted by Gasteiger charge is -2.22. The van der Waals surface area contributed by atoms with Crippen LogP contribution >= 0.6 is 0 Å². The van der Waals surface area contributed by atoms with Crippen LogP contribution in [0.15, 0.2) is 91.0 Å². The van der Waals surface area contributed by atoms with E-state index in [0.29, 0.717) is 34.6 Å². The lowest BCUT2D eigenvalue weighted by molar-refractivity contribution is -0.146. The van der Waals surface area contributed by atoms with E-state index < -0.39 is 24.0 Å². The van der Waals surface area contributed by atoms with Gasteiger partial charge in [0.1, 0.15) is 11.5 Å². The summed E-state index contributed by atoms with van der Waals surface area (Å²) in [5, 5.41) is 21.0. The molecule has 9 heteroatoms. The monoisotopic (exact) mass is 599 g/mol. The van der Waals surface area contributed by atoms with Crippen LogP contribution in [-0.2, 0) is 16.2 Å². The van der Waals surface area contributed by atoms with Crippen LogP contribution in [0.4, 0.5) is 4.39 Å². The third kappa shape index (κ3) is 7.68. The van der Waals surface area contributed by atoms with Gasteiger partial charge in [-0.1, -0.05) is 78.9 Å². The van der Waals surface area contributed by atoms with Gasteiger partial charge in [0.25, 0.3) is 5.91 Å².